The lowest BCUT2D eigenvalue weighted by molar-refractivity contribution is 0.192. The molecule has 1 fully saturated rings. The topological polar surface area (TPSA) is 63.4 Å². The minimum absolute atomic E-state index is 0.101. The first kappa shape index (κ1) is 15.4. The zero-order valence-electron chi connectivity index (χ0n) is 11.6. The van der Waals surface area contributed by atoms with Crippen molar-refractivity contribution in [1.82, 2.24) is 4.31 Å². The largest absolute Gasteiger partial charge is 0.329 e. The second-order valence-corrected chi connectivity index (χ2v) is 7.34. The summed E-state index contributed by atoms with van der Waals surface area (Å²) in [6.07, 6.45) is 1.87. The summed E-state index contributed by atoms with van der Waals surface area (Å²) in [7, 11) is -3.41. The minimum Gasteiger partial charge on any atom is -0.329 e. The molecule has 0 radical (unpaired) electrons. The van der Waals surface area contributed by atoms with Crippen LogP contribution >= 0.6 is 0 Å². The molecule has 0 aromatic heterocycles. The van der Waals surface area contributed by atoms with Gasteiger partial charge in [0.15, 0.2) is 0 Å². The number of hydrogen-bond acceptors (Lipinski definition) is 3. The molecular formula is C14H21FN2O2S. The standard InChI is InChI=1S/C14H21FN2O2S/c1-11-3-2-8-17(14(11)9-16)20(18,19)10-12-4-6-13(15)7-5-12/h4-7,11,14H,2-3,8-10,16H2,1H3/t11-,14+/m1/s1. The smallest absolute Gasteiger partial charge is 0.218 e. The number of benzene rings is 1. The Kier molecular flexibility index (Phi) is 4.78. The van der Waals surface area contributed by atoms with Gasteiger partial charge in [-0.05, 0) is 36.5 Å². The van der Waals surface area contributed by atoms with E-state index in [-0.39, 0.29) is 23.5 Å². The highest BCUT2D eigenvalue weighted by atomic mass is 32.2. The van der Waals surface area contributed by atoms with Gasteiger partial charge in [0.05, 0.1) is 5.75 Å². The predicted octanol–water partition coefficient (Wildman–Crippen LogP) is 1.71. The van der Waals surface area contributed by atoms with Crippen LogP contribution in [-0.4, -0.2) is 31.9 Å². The number of nitrogens with two attached hydrogens (primary N) is 1. The van der Waals surface area contributed by atoms with Gasteiger partial charge in [0, 0.05) is 19.1 Å². The number of hydrogen-bond donors (Lipinski definition) is 1. The molecule has 1 aromatic rings. The second kappa shape index (κ2) is 6.20. The number of nitrogens with zero attached hydrogens (tertiary/aromatic N) is 1. The van der Waals surface area contributed by atoms with Crippen LogP contribution in [0, 0.1) is 11.7 Å². The van der Waals surface area contributed by atoms with Crippen molar-refractivity contribution in [2.45, 2.75) is 31.6 Å². The summed E-state index contributed by atoms with van der Waals surface area (Å²) < 4.78 is 39.5. The Bertz CT molecular complexity index is 545. The summed E-state index contributed by atoms with van der Waals surface area (Å²) in [6.45, 7) is 2.90. The lowest BCUT2D eigenvalue weighted by atomic mass is 9.93. The number of sulfonamides is 1. The van der Waals surface area contributed by atoms with Crippen molar-refractivity contribution >= 4 is 10.0 Å². The van der Waals surface area contributed by atoms with Gasteiger partial charge in [-0.1, -0.05) is 19.1 Å². The highest BCUT2D eigenvalue weighted by Gasteiger charge is 2.35. The van der Waals surface area contributed by atoms with Gasteiger partial charge >= 0.3 is 0 Å². The molecule has 0 spiro atoms. The van der Waals surface area contributed by atoms with E-state index in [9.17, 15) is 12.8 Å². The van der Waals surface area contributed by atoms with Crippen LogP contribution in [0.25, 0.3) is 0 Å². The summed E-state index contributed by atoms with van der Waals surface area (Å²) in [5.41, 5.74) is 6.34. The highest BCUT2D eigenvalue weighted by Crippen LogP contribution is 2.26. The zero-order chi connectivity index (χ0) is 14.8. The Hall–Kier alpha value is -0.980. The second-order valence-electron chi connectivity index (χ2n) is 5.42. The number of rotatable bonds is 4. The van der Waals surface area contributed by atoms with E-state index in [4.69, 9.17) is 5.73 Å². The van der Waals surface area contributed by atoms with Crippen LogP contribution in [0.1, 0.15) is 25.3 Å². The molecule has 20 heavy (non-hydrogen) atoms. The van der Waals surface area contributed by atoms with Crippen LogP contribution in [0.5, 0.6) is 0 Å². The van der Waals surface area contributed by atoms with Crippen LogP contribution in [0.15, 0.2) is 24.3 Å². The Morgan fingerprint density at radius 3 is 2.60 bits per heavy atom. The maximum absolute atomic E-state index is 12.9. The molecule has 0 unspecified atom stereocenters. The molecule has 6 heteroatoms. The highest BCUT2D eigenvalue weighted by molar-refractivity contribution is 7.88. The molecule has 1 aliphatic heterocycles. The fraction of sp³-hybridized carbons (Fsp3) is 0.571. The molecule has 4 nitrogen and oxygen atoms in total. The summed E-state index contributed by atoms with van der Waals surface area (Å²) in [4.78, 5) is 0. The van der Waals surface area contributed by atoms with E-state index in [1.807, 2.05) is 6.92 Å². The van der Waals surface area contributed by atoms with Crippen LogP contribution in [0.4, 0.5) is 4.39 Å². The van der Waals surface area contributed by atoms with E-state index in [1.165, 1.54) is 28.6 Å². The van der Waals surface area contributed by atoms with Crippen molar-refractivity contribution in [3.63, 3.8) is 0 Å². The number of halogens is 1. The van der Waals surface area contributed by atoms with E-state index in [2.05, 4.69) is 0 Å². The van der Waals surface area contributed by atoms with Gasteiger partial charge < -0.3 is 5.73 Å². The molecule has 0 saturated carbocycles. The van der Waals surface area contributed by atoms with E-state index in [0.29, 0.717) is 18.7 Å². The predicted molar refractivity (Wildman–Crippen MR) is 77.0 cm³/mol. The van der Waals surface area contributed by atoms with Gasteiger partial charge in [-0.25, -0.2) is 12.8 Å². The van der Waals surface area contributed by atoms with Gasteiger partial charge in [-0.2, -0.15) is 4.31 Å². The summed E-state index contributed by atoms with van der Waals surface area (Å²) >= 11 is 0. The average molecular weight is 300 g/mol. The first-order valence-corrected chi connectivity index (χ1v) is 8.49. The molecule has 1 aliphatic rings. The minimum atomic E-state index is -3.41. The van der Waals surface area contributed by atoms with Crippen molar-refractivity contribution < 1.29 is 12.8 Å². The molecule has 1 saturated heterocycles. The number of piperidine rings is 1. The van der Waals surface area contributed by atoms with Crippen LogP contribution in [0.3, 0.4) is 0 Å². The molecule has 0 aliphatic carbocycles. The summed E-state index contributed by atoms with van der Waals surface area (Å²) in [5, 5.41) is 0. The average Bonchev–Trinajstić information content (AvgIpc) is 2.41. The van der Waals surface area contributed by atoms with Crippen molar-refractivity contribution in [2.24, 2.45) is 11.7 Å². The zero-order valence-corrected chi connectivity index (χ0v) is 12.4. The third kappa shape index (κ3) is 3.37. The molecule has 112 valence electrons. The molecule has 2 N–H and O–H groups in total. The van der Waals surface area contributed by atoms with E-state index in [0.717, 1.165) is 12.8 Å². The Labute approximate surface area is 119 Å². The van der Waals surface area contributed by atoms with Crippen LogP contribution in [0.2, 0.25) is 0 Å². The van der Waals surface area contributed by atoms with Gasteiger partial charge in [-0.15, -0.1) is 0 Å². The van der Waals surface area contributed by atoms with Gasteiger partial charge in [-0.3, -0.25) is 0 Å². The van der Waals surface area contributed by atoms with E-state index < -0.39 is 10.0 Å². The molecule has 0 amide bonds. The van der Waals surface area contributed by atoms with Crippen molar-refractivity contribution in [3.05, 3.63) is 35.6 Å². The molecule has 2 atom stereocenters. The molecule has 1 heterocycles. The Morgan fingerprint density at radius 2 is 2.00 bits per heavy atom. The molecule has 1 aromatic carbocycles. The molecule has 2 rings (SSSR count). The Balaban J connectivity index is 2.18. The van der Waals surface area contributed by atoms with Crippen molar-refractivity contribution in [1.29, 1.82) is 0 Å². The first-order valence-electron chi connectivity index (χ1n) is 6.88. The summed E-state index contributed by atoms with van der Waals surface area (Å²) in [5.74, 6) is -0.189. The third-order valence-electron chi connectivity index (χ3n) is 3.93. The van der Waals surface area contributed by atoms with Gasteiger partial charge in [0.25, 0.3) is 0 Å². The lowest BCUT2D eigenvalue weighted by Gasteiger charge is -2.38. The lowest BCUT2D eigenvalue weighted by Crippen LogP contribution is -2.51. The molecular weight excluding hydrogens is 279 g/mol. The third-order valence-corrected chi connectivity index (χ3v) is 5.79. The van der Waals surface area contributed by atoms with Crippen molar-refractivity contribution in [3.8, 4) is 0 Å². The van der Waals surface area contributed by atoms with Gasteiger partial charge in [0.2, 0.25) is 10.0 Å². The van der Waals surface area contributed by atoms with E-state index in [1.54, 1.807) is 0 Å². The summed E-state index contributed by atoms with van der Waals surface area (Å²) in [6, 6.07) is 5.46. The van der Waals surface area contributed by atoms with Crippen LogP contribution in [-0.2, 0) is 15.8 Å². The SMILES string of the molecule is C[C@@H]1CCCN(S(=O)(=O)Cc2ccc(F)cc2)[C@H]1CN. The normalized spacial score (nSPS) is 24.8. The van der Waals surface area contributed by atoms with E-state index >= 15 is 0 Å². The Morgan fingerprint density at radius 1 is 1.35 bits per heavy atom. The maximum Gasteiger partial charge on any atom is 0.218 e. The fourth-order valence-corrected chi connectivity index (χ4v) is 4.67. The maximum atomic E-state index is 12.9. The first-order chi connectivity index (χ1) is 9.44. The van der Waals surface area contributed by atoms with Gasteiger partial charge in [0.1, 0.15) is 5.82 Å². The monoisotopic (exact) mass is 300 g/mol. The fourth-order valence-electron chi connectivity index (χ4n) is 2.78. The quantitative estimate of drug-likeness (QED) is 0.921. The van der Waals surface area contributed by atoms with Crippen LogP contribution < -0.4 is 5.73 Å². The molecule has 0 bridgehead atoms. The van der Waals surface area contributed by atoms with Crippen molar-refractivity contribution in [2.75, 3.05) is 13.1 Å².